The Hall–Kier alpha value is -3.86. The number of thioether (sulfide) groups is 1. The van der Waals surface area contributed by atoms with Gasteiger partial charge in [-0.1, -0.05) is 29.5 Å². The Balaban J connectivity index is 1.67. The number of ether oxygens (including phenoxy) is 2. The summed E-state index contributed by atoms with van der Waals surface area (Å²) in [4.78, 5) is 36.2. The second kappa shape index (κ2) is 10.6. The molecule has 3 rings (SSSR count). The minimum atomic E-state index is -1.22. The lowest BCUT2D eigenvalue weighted by molar-refractivity contribution is -0.122. The van der Waals surface area contributed by atoms with Crippen LogP contribution in [0.4, 0.5) is 5.69 Å². The van der Waals surface area contributed by atoms with Gasteiger partial charge in [0.1, 0.15) is 10.8 Å². The fraction of sp³-hybridized carbons (Fsp3) is 0.227. The summed E-state index contributed by atoms with van der Waals surface area (Å²) in [5.41, 5.74) is 1.84. The highest BCUT2D eigenvalue weighted by molar-refractivity contribution is 8.15. The van der Waals surface area contributed by atoms with Crippen molar-refractivity contribution < 1.29 is 29.0 Å². The quantitative estimate of drug-likeness (QED) is 0.398. The van der Waals surface area contributed by atoms with Crippen molar-refractivity contribution >= 4 is 46.6 Å². The van der Waals surface area contributed by atoms with Gasteiger partial charge in [-0.3, -0.25) is 9.59 Å². The van der Waals surface area contributed by atoms with Gasteiger partial charge in [-0.05, 0) is 31.2 Å². The number of amides is 2. The summed E-state index contributed by atoms with van der Waals surface area (Å²) >= 11 is 1.07. The second-order valence-electron chi connectivity index (χ2n) is 6.93. The number of methoxy groups -OCH3 is 2. The molecule has 0 radical (unpaired) electrons. The molecule has 3 N–H and O–H groups in total. The molecule has 1 fully saturated rings. The maximum absolute atomic E-state index is 12.3. The number of aromatic carboxylic acids is 1. The zero-order chi connectivity index (χ0) is 24.0. The number of nitrogens with one attached hydrogen (secondary N) is 2. The molecule has 1 heterocycles. The molecule has 0 aliphatic carbocycles. The molecule has 1 aliphatic rings. The highest BCUT2D eigenvalue weighted by atomic mass is 32.2. The van der Waals surface area contributed by atoms with Gasteiger partial charge in [0.05, 0.1) is 20.4 Å². The van der Waals surface area contributed by atoms with Crippen LogP contribution in [-0.2, 0) is 9.59 Å². The van der Waals surface area contributed by atoms with Gasteiger partial charge in [0.2, 0.25) is 11.8 Å². The normalized spacial score (nSPS) is 16.6. The molecule has 0 bridgehead atoms. The van der Waals surface area contributed by atoms with Crippen molar-refractivity contribution in [2.45, 2.75) is 18.6 Å². The van der Waals surface area contributed by atoms with Gasteiger partial charge in [-0.15, -0.1) is 5.10 Å². The molecule has 1 saturated heterocycles. The maximum atomic E-state index is 12.3. The SMILES string of the molecule is COc1ccc(C=N/N=C2\NC(=O)[C@H](CC(=O)Nc3ccc(C)cc3)S2)c(C(=O)O)c1OC. The van der Waals surface area contributed by atoms with E-state index in [0.717, 1.165) is 17.3 Å². The van der Waals surface area contributed by atoms with Crippen LogP contribution in [0.2, 0.25) is 0 Å². The number of hydrogen-bond acceptors (Lipinski definition) is 8. The van der Waals surface area contributed by atoms with E-state index in [1.54, 1.807) is 18.2 Å². The lowest BCUT2D eigenvalue weighted by Crippen LogP contribution is -2.28. The zero-order valence-corrected chi connectivity index (χ0v) is 18.9. The molecule has 1 aliphatic heterocycles. The van der Waals surface area contributed by atoms with Crippen molar-refractivity contribution in [3.05, 3.63) is 53.1 Å². The average Bonchev–Trinajstić information content (AvgIpc) is 3.13. The summed E-state index contributed by atoms with van der Waals surface area (Å²) < 4.78 is 10.3. The second-order valence-corrected chi connectivity index (χ2v) is 8.13. The summed E-state index contributed by atoms with van der Waals surface area (Å²) in [5, 5.41) is 22.3. The predicted molar refractivity (Wildman–Crippen MR) is 125 cm³/mol. The fourth-order valence-corrected chi connectivity index (χ4v) is 3.94. The summed E-state index contributed by atoms with van der Waals surface area (Å²) in [6, 6.07) is 10.4. The van der Waals surface area contributed by atoms with Gasteiger partial charge in [-0.2, -0.15) is 5.10 Å². The Morgan fingerprint density at radius 1 is 1.18 bits per heavy atom. The van der Waals surface area contributed by atoms with Crippen LogP contribution >= 0.6 is 11.8 Å². The zero-order valence-electron chi connectivity index (χ0n) is 18.1. The molecule has 0 unspecified atom stereocenters. The summed E-state index contributed by atoms with van der Waals surface area (Å²) in [6.45, 7) is 1.95. The van der Waals surface area contributed by atoms with Crippen LogP contribution in [0, 0.1) is 6.92 Å². The Bertz CT molecular complexity index is 1130. The van der Waals surface area contributed by atoms with Crippen LogP contribution in [0.25, 0.3) is 0 Å². The molecule has 10 nitrogen and oxygen atoms in total. The Labute approximate surface area is 194 Å². The molecule has 2 aromatic carbocycles. The molecule has 33 heavy (non-hydrogen) atoms. The first kappa shape index (κ1) is 23.8. The number of carboxylic acid groups (broad SMARTS) is 1. The summed E-state index contributed by atoms with van der Waals surface area (Å²) in [5.74, 6) is -1.55. The summed E-state index contributed by atoms with van der Waals surface area (Å²) in [6.07, 6.45) is 1.20. The van der Waals surface area contributed by atoms with E-state index in [2.05, 4.69) is 20.8 Å². The van der Waals surface area contributed by atoms with Gasteiger partial charge >= 0.3 is 5.97 Å². The smallest absolute Gasteiger partial charge is 0.340 e. The van der Waals surface area contributed by atoms with Crippen LogP contribution in [0.3, 0.4) is 0 Å². The van der Waals surface area contributed by atoms with Crippen LogP contribution in [0.1, 0.15) is 27.9 Å². The van der Waals surface area contributed by atoms with Gasteiger partial charge in [0.25, 0.3) is 0 Å². The van der Waals surface area contributed by atoms with E-state index in [1.807, 2.05) is 19.1 Å². The first-order valence-corrected chi connectivity index (χ1v) is 10.6. The van der Waals surface area contributed by atoms with E-state index in [1.165, 1.54) is 26.5 Å². The topological polar surface area (TPSA) is 139 Å². The number of benzene rings is 2. The van der Waals surface area contributed by atoms with Crippen LogP contribution < -0.4 is 20.1 Å². The predicted octanol–water partition coefficient (Wildman–Crippen LogP) is 2.66. The van der Waals surface area contributed by atoms with Gasteiger partial charge < -0.3 is 25.2 Å². The van der Waals surface area contributed by atoms with Gasteiger partial charge in [0, 0.05) is 17.7 Å². The van der Waals surface area contributed by atoms with Crippen molar-refractivity contribution in [3.63, 3.8) is 0 Å². The minimum Gasteiger partial charge on any atom is -0.493 e. The molecular formula is C22H22N4O6S. The van der Waals surface area contributed by atoms with E-state index < -0.39 is 11.2 Å². The Morgan fingerprint density at radius 2 is 1.91 bits per heavy atom. The van der Waals surface area contributed by atoms with Crippen molar-refractivity contribution in [2.75, 3.05) is 19.5 Å². The van der Waals surface area contributed by atoms with Crippen LogP contribution in [0.5, 0.6) is 11.5 Å². The molecule has 0 spiro atoms. The lowest BCUT2D eigenvalue weighted by Gasteiger charge is -2.11. The monoisotopic (exact) mass is 470 g/mol. The molecular weight excluding hydrogens is 448 g/mol. The highest BCUT2D eigenvalue weighted by Gasteiger charge is 2.32. The van der Waals surface area contributed by atoms with E-state index >= 15 is 0 Å². The van der Waals surface area contributed by atoms with Gasteiger partial charge in [0.15, 0.2) is 16.7 Å². The third kappa shape index (κ3) is 5.89. The molecule has 2 amide bonds. The number of carbonyl (C=O) groups excluding carboxylic acids is 2. The van der Waals surface area contributed by atoms with Crippen molar-refractivity contribution in [1.82, 2.24) is 5.32 Å². The maximum Gasteiger partial charge on any atom is 0.340 e. The lowest BCUT2D eigenvalue weighted by atomic mass is 10.1. The number of amidine groups is 1. The first-order chi connectivity index (χ1) is 15.8. The van der Waals surface area contributed by atoms with E-state index in [0.29, 0.717) is 5.69 Å². The van der Waals surface area contributed by atoms with Crippen molar-refractivity contribution in [1.29, 1.82) is 0 Å². The average molecular weight is 471 g/mol. The van der Waals surface area contributed by atoms with Crippen LogP contribution in [-0.4, -0.2) is 53.7 Å². The molecule has 11 heteroatoms. The minimum absolute atomic E-state index is 0.0358. The van der Waals surface area contributed by atoms with Crippen LogP contribution in [0.15, 0.2) is 46.6 Å². The molecule has 1 atom stereocenters. The largest absolute Gasteiger partial charge is 0.493 e. The number of rotatable bonds is 8. The van der Waals surface area contributed by atoms with E-state index in [-0.39, 0.29) is 46.0 Å². The first-order valence-electron chi connectivity index (χ1n) is 9.75. The van der Waals surface area contributed by atoms with Gasteiger partial charge in [-0.25, -0.2) is 4.79 Å². The fourth-order valence-electron chi connectivity index (χ4n) is 3.02. The molecule has 172 valence electrons. The summed E-state index contributed by atoms with van der Waals surface area (Å²) in [7, 11) is 2.74. The third-order valence-corrected chi connectivity index (χ3v) is 5.69. The molecule has 0 saturated carbocycles. The Morgan fingerprint density at radius 3 is 2.55 bits per heavy atom. The number of carboxylic acids is 1. The van der Waals surface area contributed by atoms with E-state index in [9.17, 15) is 19.5 Å². The number of anilines is 1. The molecule has 0 aromatic heterocycles. The molecule has 2 aromatic rings. The van der Waals surface area contributed by atoms with Crippen molar-refractivity contribution in [3.8, 4) is 11.5 Å². The number of aryl methyl sites for hydroxylation is 1. The number of carbonyl (C=O) groups is 3. The van der Waals surface area contributed by atoms with E-state index in [4.69, 9.17) is 9.47 Å². The Kier molecular flexibility index (Phi) is 7.67. The number of hydrogen-bond donors (Lipinski definition) is 3. The standard InChI is InChI=1S/C22H22N4O6S/c1-12-4-7-14(8-5-12)24-17(27)10-16-20(28)25-22(33-16)26-23-11-13-6-9-15(31-2)19(32-3)18(13)21(29)30/h4-9,11,16H,10H2,1-3H3,(H,24,27)(H,29,30)(H,25,26,28)/t16-/m0/s1. The van der Waals surface area contributed by atoms with Crippen molar-refractivity contribution in [2.24, 2.45) is 10.2 Å². The highest BCUT2D eigenvalue weighted by Crippen LogP contribution is 2.33. The third-order valence-electron chi connectivity index (χ3n) is 4.62. The number of nitrogens with zero attached hydrogens (tertiary/aromatic N) is 2.